The second-order valence-corrected chi connectivity index (χ2v) is 5.00. The largest absolute Gasteiger partial charge is 0.506 e. The molecular weight excluding hydrogens is 262 g/mol. The Labute approximate surface area is 116 Å². The van der Waals surface area contributed by atoms with Crippen LogP contribution in [0.2, 0.25) is 0 Å². The Kier molecular flexibility index (Phi) is 4.19. The molecule has 1 saturated heterocycles. The van der Waals surface area contributed by atoms with E-state index in [0.29, 0.717) is 0 Å². The zero-order valence-corrected chi connectivity index (χ0v) is 11.1. The summed E-state index contributed by atoms with van der Waals surface area (Å²) in [6.07, 6.45) is 1.97. The molecule has 0 aromatic heterocycles. The number of carbonyl (C=O) groups is 1. The molecule has 0 bridgehead atoms. The number of phenolic OH excluding ortho intramolecular Hbond substituents is 1. The molecule has 1 aliphatic rings. The molecule has 3 N–H and O–H groups in total. The van der Waals surface area contributed by atoms with Gasteiger partial charge in [-0.25, -0.2) is 0 Å². The van der Waals surface area contributed by atoms with Crippen molar-refractivity contribution in [3.63, 3.8) is 0 Å². The molecule has 1 heterocycles. The van der Waals surface area contributed by atoms with Crippen LogP contribution in [0.1, 0.15) is 19.8 Å². The number of hydrogen-bond acceptors (Lipinski definition) is 5. The van der Waals surface area contributed by atoms with Gasteiger partial charge < -0.3 is 15.7 Å². The number of nitro groups is 1. The number of non-ortho nitro benzene ring substituents is 1. The van der Waals surface area contributed by atoms with E-state index in [-0.39, 0.29) is 35.0 Å². The molecule has 7 nitrogen and oxygen atoms in total. The van der Waals surface area contributed by atoms with Gasteiger partial charge in [0.05, 0.1) is 16.7 Å². The Morgan fingerprint density at radius 1 is 1.55 bits per heavy atom. The first kappa shape index (κ1) is 14.3. The molecule has 2 atom stereocenters. The van der Waals surface area contributed by atoms with Crippen LogP contribution in [0.3, 0.4) is 0 Å². The molecule has 1 amide bonds. The van der Waals surface area contributed by atoms with Crippen LogP contribution in [0.15, 0.2) is 18.2 Å². The highest BCUT2D eigenvalue weighted by molar-refractivity contribution is 5.96. The second kappa shape index (κ2) is 5.87. The number of piperidine rings is 1. The maximum absolute atomic E-state index is 12.2. The molecule has 1 fully saturated rings. The van der Waals surface area contributed by atoms with Crippen molar-refractivity contribution in [3.8, 4) is 5.75 Å². The van der Waals surface area contributed by atoms with Crippen molar-refractivity contribution in [3.05, 3.63) is 28.3 Å². The highest BCUT2D eigenvalue weighted by atomic mass is 16.6. The van der Waals surface area contributed by atoms with Gasteiger partial charge in [0, 0.05) is 12.1 Å². The first-order valence-electron chi connectivity index (χ1n) is 6.50. The van der Waals surface area contributed by atoms with E-state index >= 15 is 0 Å². The lowest BCUT2D eigenvalue weighted by Crippen LogP contribution is -2.48. The number of nitrogens with zero attached hydrogens (tertiary/aromatic N) is 1. The summed E-state index contributed by atoms with van der Waals surface area (Å²) in [5.41, 5.74) is -0.119. The van der Waals surface area contributed by atoms with Crippen LogP contribution in [0.4, 0.5) is 11.4 Å². The number of rotatable bonds is 3. The highest BCUT2D eigenvalue weighted by Crippen LogP contribution is 2.28. The molecule has 0 saturated carbocycles. The lowest BCUT2D eigenvalue weighted by atomic mass is 9.92. The number of amides is 1. The molecule has 7 heteroatoms. The maximum atomic E-state index is 12.2. The van der Waals surface area contributed by atoms with E-state index in [1.165, 1.54) is 12.1 Å². The predicted molar refractivity (Wildman–Crippen MR) is 73.6 cm³/mol. The number of aromatic hydroxyl groups is 1. The van der Waals surface area contributed by atoms with Gasteiger partial charge in [-0.3, -0.25) is 14.9 Å². The van der Waals surface area contributed by atoms with Gasteiger partial charge in [0.25, 0.3) is 5.69 Å². The van der Waals surface area contributed by atoms with Gasteiger partial charge in [-0.2, -0.15) is 0 Å². The van der Waals surface area contributed by atoms with E-state index in [4.69, 9.17) is 0 Å². The summed E-state index contributed by atoms with van der Waals surface area (Å²) in [5, 5.41) is 26.0. The summed E-state index contributed by atoms with van der Waals surface area (Å²) in [6.45, 7) is 2.74. The summed E-state index contributed by atoms with van der Waals surface area (Å²) in [7, 11) is 0. The van der Waals surface area contributed by atoms with Crippen molar-refractivity contribution >= 4 is 17.3 Å². The Morgan fingerprint density at radius 3 is 2.95 bits per heavy atom. The molecule has 1 aliphatic heterocycles. The van der Waals surface area contributed by atoms with Crippen LogP contribution in [-0.2, 0) is 4.79 Å². The Balaban J connectivity index is 2.14. The van der Waals surface area contributed by atoms with E-state index in [0.717, 1.165) is 25.5 Å². The van der Waals surface area contributed by atoms with Gasteiger partial charge in [0.1, 0.15) is 5.75 Å². The molecule has 0 radical (unpaired) electrons. The fourth-order valence-corrected chi connectivity index (χ4v) is 2.35. The number of carbonyl (C=O) groups excluding carboxylic acids is 1. The van der Waals surface area contributed by atoms with Crippen LogP contribution in [-0.4, -0.2) is 28.5 Å². The third-order valence-corrected chi connectivity index (χ3v) is 3.50. The van der Waals surface area contributed by atoms with Crippen molar-refractivity contribution in [1.29, 1.82) is 0 Å². The average Bonchev–Trinajstić information content (AvgIpc) is 2.41. The van der Waals surface area contributed by atoms with Crippen molar-refractivity contribution in [2.45, 2.75) is 25.8 Å². The van der Waals surface area contributed by atoms with Gasteiger partial charge in [-0.15, -0.1) is 0 Å². The summed E-state index contributed by atoms with van der Waals surface area (Å²) in [6, 6.07) is 3.20. The number of nitrogens with one attached hydrogen (secondary N) is 2. The third kappa shape index (κ3) is 3.05. The van der Waals surface area contributed by atoms with Gasteiger partial charge >= 0.3 is 0 Å². The van der Waals surface area contributed by atoms with Gasteiger partial charge in [-0.1, -0.05) is 6.92 Å². The molecule has 1 aromatic rings. The first-order valence-corrected chi connectivity index (χ1v) is 6.50. The van der Waals surface area contributed by atoms with Gasteiger partial charge in [-0.05, 0) is 31.4 Å². The standard InChI is InChI=1S/C13H17N3O4/c1-8-3-2-6-14-12(8)13(18)15-10-7-9(16(19)20)4-5-11(10)17/h4-5,7-8,12,14,17H,2-3,6H2,1H3,(H,15,18). The summed E-state index contributed by atoms with van der Waals surface area (Å²) in [5.74, 6) is -0.287. The number of benzene rings is 1. The number of anilines is 1. The Morgan fingerprint density at radius 2 is 2.30 bits per heavy atom. The van der Waals surface area contributed by atoms with Crippen molar-refractivity contribution < 1.29 is 14.8 Å². The van der Waals surface area contributed by atoms with Crippen LogP contribution >= 0.6 is 0 Å². The summed E-state index contributed by atoms with van der Waals surface area (Å²) >= 11 is 0. The van der Waals surface area contributed by atoms with Crippen LogP contribution < -0.4 is 10.6 Å². The van der Waals surface area contributed by atoms with E-state index in [1.54, 1.807) is 0 Å². The first-order chi connectivity index (χ1) is 9.49. The predicted octanol–water partition coefficient (Wildman–Crippen LogP) is 1.63. The third-order valence-electron chi connectivity index (χ3n) is 3.50. The molecular formula is C13H17N3O4. The van der Waals surface area contributed by atoms with Crippen molar-refractivity contribution in [2.24, 2.45) is 5.92 Å². The normalized spacial score (nSPS) is 22.2. The smallest absolute Gasteiger partial charge is 0.271 e. The van der Waals surface area contributed by atoms with Crippen LogP contribution in [0, 0.1) is 16.0 Å². The fourth-order valence-electron chi connectivity index (χ4n) is 2.35. The minimum Gasteiger partial charge on any atom is -0.506 e. The number of phenols is 1. The van der Waals surface area contributed by atoms with E-state index in [9.17, 15) is 20.0 Å². The van der Waals surface area contributed by atoms with E-state index in [2.05, 4.69) is 10.6 Å². The van der Waals surface area contributed by atoms with Crippen LogP contribution in [0.5, 0.6) is 5.75 Å². The average molecular weight is 279 g/mol. The summed E-state index contributed by atoms with van der Waals surface area (Å²) < 4.78 is 0. The SMILES string of the molecule is CC1CCCNC1C(=O)Nc1cc([N+](=O)[O-])ccc1O. The number of nitro benzene ring substituents is 1. The zero-order chi connectivity index (χ0) is 14.7. The Bertz CT molecular complexity index is 532. The molecule has 0 spiro atoms. The topological polar surface area (TPSA) is 104 Å². The Hall–Kier alpha value is -2.15. The minimum absolute atomic E-state index is 0.0590. The minimum atomic E-state index is -0.573. The maximum Gasteiger partial charge on any atom is 0.271 e. The van der Waals surface area contributed by atoms with Gasteiger partial charge in [0.2, 0.25) is 5.91 Å². The van der Waals surface area contributed by atoms with E-state index in [1.807, 2.05) is 6.92 Å². The molecule has 0 aliphatic carbocycles. The quantitative estimate of drug-likeness (QED) is 0.443. The second-order valence-electron chi connectivity index (χ2n) is 5.00. The molecule has 20 heavy (non-hydrogen) atoms. The molecule has 1 aromatic carbocycles. The van der Waals surface area contributed by atoms with Gasteiger partial charge in [0.15, 0.2) is 0 Å². The van der Waals surface area contributed by atoms with E-state index < -0.39 is 4.92 Å². The fraction of sp³-hybridized carbons (Fsp3) is 0.462. The molecule has 108 valence electrons. The monoisotopic (exact) mass is 279 g/mol. The molecule has 2 rings (SSSR count). The lowest BCUT2D eigenvalue weighted by molar-refractivity contribution is -0.384. The van der Waals surface area contributed by atoms with Crippen molar-refractivity contribution in [1.82, 2.24) is 5.32 Å². The lowest BCUT2D eigenvalue weighted by Gasteiger charge is -2.28. The number of hydrogen-bond donors (Lipinski definition) is 3. The molecule has 2 unspecified atom stereocenters. The summed E-state index contributed by atoms with van der Waals surface area (Å²) in [4.78, 5) is 22.3. The zero-order valence-electron chi connectivity index (χ0n) is 11.1. The highest BCUT2D eigenvalue weighted by Gasteiger charge is 2.28. The van der Waals surface area contributed by atoms with Crippen molar-refractivity contribution in [2.75, 3.05) is 11.9 Å². The van der Waals surface area contributed by atoms with Crippen LogP contribution in [0.25, 0.3) is 0 Å².